The molecule has 0 fully saturated rings. The second-order valence-electron chi connectivity index (χ2n) is 3.02. The molecule has 76 valence electrons. The van der Waals surface area contributed by atoms with Crippen molar-refractivity contribution >= 4 is 5.97 Å². The van der Waals surface area contributed by atoms with Gasteiger partial charge in [-0.25, -0.2) is 4.79 Å². The number of quaternary nitrogens is 1. The monoisotopic (exact) mass is 205 g/mol. The normalized spacial score (nSPS) is 10.7. The van der Waals surface area contributed by atoms with E-state index in [0.717, 1.165) is 12.6 Å². The standard InChI is InChI=1S/C9H16NO2.ClH/c1-5-9(11)12-8-7-10(3,4)6-2;/h5,7-8H,1,6H2,2-4H3;1H/q+1;/p-1. The number of carbonyl (C=O) groups is 1. The highest BCUT2D eigenvalue weighted by Gasteiger charge is 2.06. The van der Waals surface area contributed by atoms with Crippen LogP contribution in [0.2, 0.25) is 0 Å². The van der Waals surface area contributed by atoms with E-state index in [2.05, 4.69) is 18.2 Å². The minimum atomic E-state index is -0.428. The Labute approximate surface area is 85.7 Å². The third kappa shape index (κ3) is 7.56. The summed E-state index contributed by atoms with van der Waals surface area (Å²) in [5, 5.41) is 0. The Bertz CT molecular complexity index is 200. The first-order chi connectivity index (χ1) is 5.52. The molecule has 13 heavy (non-hydrogen) atoms. The van der Waals surface area contributed by atoms with E-state index < -0.39 is 5.97 Å². The van der Waals surface area contributed by atoms with Gasteiger partial charge in [0.2, 0.25) is 0 Å². The van der Waals surface area contributed by atoms with E-state index in [0.29, 0.717) is 4.48 Å². The van der Waals surface area contributed by atoms with Gasteiger partial charge in [0.25, 0.3) is 0 Å². The summed E-state index contributed by atoms with van der Waals surface area (Å²) in [7, 11) is 4.02. The Morgan fingerprint density at radius 1 is 1.54 bits per heavy atom. The summed E-state index contributed by atoms with van der Waals surface area (Å²) >= 11 is 0. The van der Waals surface area contributed by atoms with E-state index in [4.69, 9.17) is 0 Å². The van der Waals surface area contributed by atoms with Gasteiger partial charge in [0.05, 0.1) is 20.6 Å². The number of hydrogen-bond acceptors (Lipinski definition) is 2. The molecule has 0 saturated heterocycles. The summed E-state index contributed by atoms with van der Waals surface area (Å²) in [6.07, 6.45) is 4.34. The van der Waals surface area contributed by atoms with Crippen LogP contribution in [-0.2, 0) is 9.53 Å². The van der Waals surface area contributed by atoms with Crippen LogP contribution in [-0.4, -0.2) is 31.1 Å². The molecule has 0 aromatic carbocycles. The molecule has 0 amide bonds. The van der Waals surface area contributed by atoms with Gasteiger partial charge in [-0.2, -0.15) is 0 Å². The lowest BCUT2D eigenvalue weighted by Crippen LogP contribution is -3.00. The van der Waals surface area contributed by atoms with E-state index in [1.807, 2.05) is 14.1 Å². The molecule has 0 bridgehead atoms. The molecule has 0 aromatic heterocycles. The summed E-state index contributed by atoms with van der Waals surface area (Å²) in [5.41, 5.74) is 0. The zero-order chi connectivity index (χ0) is 9.61. The quantitative estimate of drug-likeness (QED) is 0.237. The second-order valence-corrected chi connectivity index (χ2v) is 3.02. The van der Waals surface area contributed by atoms with Crippen molar-refractivity contribution in [3.8, 4) is 0 Å². The van der Waals surface area contributed by atoms with Crippen molar-refractivity contribution in [1.29, 1.82) is 0 Å². The largest absolute Gasteiger partial charge is 1.00 e. The highest BCUT2D eigenvalue weighted by atomic mass is 35.5. The lowest BCUT2D eigenvalue weighted by molar-refractivity contribution is -0.837. The van der Waals surface area contributed by atoms with Crippen LogP contribution in [0.3, 0.4) is 0 Å². The molecule has 0 atom stereocenters. The van der Waals surface area contributed by atoms with Crippen molar-refractivity contribution in [2.24, 2.45) is 0 Å². The predicted molar refractivity (Wildman–Crippen MR) is 48.1 cm³/mol. The maximum atomic E-state index is 10.6. The highest BCUT2D eigenvalue weighted by Crippen LogP contribution is 1.97. The first-order valence-corrected chi connectivity index (χ1v) is 3.85. The smallest absolute Gasteiger partial charge is 0.335 e. The van der Waals surface area contributed by atoms with Crippen LogP contribution >= 0.6 is 0 Å². The number of esters is 1. The van der Waals surface area contributed by atoms with Gasteiger partial charge in [-0.05, 0) is 6.92 Å². The summed E-state index contributed by atoms with van der Waals surface area (Å²) in [4.78, 5) is 10.6. The molecule has 0 rings (SSSR count). The number of carbonyl (C=O) groups excluding carboxylic acids is 1. The Morgan fingerprint density at radius 2 is 2.08 bits per heavy atom. The number of halogens is 1. The number of ether oxygens (including phenoxy) is 1. The Kier molecular flexibility index (Phi) is 7.57. The summed E-state index contributed by atoms with van der Waals surface area (Å²) in [6.45, 7) is 6.28. The maximum absolute atomic E-state index is 10.6. The zero-order valence-electron chi connectivity index (χ0n) is 8.29. The summed E-state index contributed by atoms with van der Waals surface area (Å²) < 4.78 is 5.36. The Hall–Kier alpha value is -0.800. The molecule has 0 spiro atoms. The van der Waals surface area contributed by atoms with Crippen molar-refractivity contribution in [2.75, 3.05) is 20.6 Å². The van der Waals surface area contributed by atoms with E-state index in [1.165, 1.54) is 6.26 Å². The average Bonchev–Trinajstić information content (AvgIpc) is 2.04. The van der Waals surface area contributed by atoms with E-state index in [-0.39, 0.29) is 12.4 Å². The fourth-order valence-corrected chi connectivity index (χ4v) is 0.416. The number of hydrogen-bond donors (Lipinski definition) is 0. The van der Waals surface area contributed by atoms with Crippen LogP contribution in [0.25, 0.3) is 0 Å². The SMILES string of the molecule is C=CC(=O)OC=C[N+](C)(C)CC.[Cl-]. The van der Waals surface area contributed by atoms with E-state index >= 15 is 0 Å². The zero-order valence-corrected chi connectivity index (χ0v) is 9.04. The van der Waals surface area contributed by atoms with Gasteiger partial charge in [-0.1, -0.05) is 6.58 Å². The molecule has 0 saturated carbocycles. The van der Waals surface area contributed by atoms with Crippen LogP contribution in [0.5, 0.6) is 0 Å². The molecule has 3 nitrogen and oxygen atoms in total. The van der Waals surface area contributed by atoms with Crippen molar-refractivity contribution in [2.45, 2.75) is 6.92 Å². The van der Waals surface area contributed by atoms with Crippen molar-refractivity contribution in [3.63, 3.8) is 0 Å². The predicted octanol–water partition coefficient (Wildman–Crippen LogP) is -1.71. The third-order valence-corrected chi connectivity index (χ3v) is 1.63. The minimum Gasteiger partial charge on any atom is -1.00 e. The summed E-state index contributed by atoms with van der Waals surface area (Å²) in [6, 6.07) is 0. The van der Waals surface area contributed by atoms with Crippen molar-refractivity contribution in [3.05, 3.63) is 25.1 Å². The molecule has 0 unspecified atom stereocenters. The van der Waals surface area contributed by atoms with E-state index in [1.54, 1.807) is 6.20 Å². The molecule has 0 N–H and O–H groups in total. The van der Waals surface area contributed by atoms with Gasteiger partial charge in [-0.3, -0.25) is 4.48 Å². The highest BCUT2D eigenvalue weighted by molar-refractivity contribution is 5.81. The van der Waals surface area contributed by atoms with Gasteiger partial charge in [0.15, 0.2) is 0 Å². The minimum absolute atomic E-state index is 0. The number of nitrogens with zero attached hydrogens (tertiary/aromatic N) is 1. The average molecular weight is 206 g/mol. The van der Waals surface area contributed by atoms with Crippen LogP contribution < -0.4 is 12.4 Å². The molecule has 0 heterocycles. The summed E-state index contributed by atoms with van der Waals surface area (Å²) in [5.74, 6) is -0.428. The first kappa shape index (κ1) is 14.7. The van der Waals surface area contributed by atoms with Crippen LogP contribution in [0.15, 0.2) is 25.1 Å². The molecule has 0 aliphatic carbocycles. The maximum Gasteiger partial charge on any atom is 0.335 e. The number of rotatable bonds is 4. The third-order valence-electron chi connectivity index (χ3n) is 1.63. The molecule has 0 radical (unpaired) electrons. The van der Waals surface area contributed by atoms with Crippen LogP contribution in [0, 0.1) is 0 Å². The first-order valence-electron chi connectivity index (χ1n) is 3.85. The van der Waals surface area contributed by atoms with Gasteiger partial charge in [-0.15, -0.1) is 0 Å². The Morgan fingerprint density at radius 3 is 2.46 bits per heavy atom. The molecule has 0 aromatic rings. The van der Waals surface area contributed by atoms with Gasteiger partial charge >= 0.3 is 5.97 Å². The van der Waals surface area contributed by atoms with Gasteiger partial charge < -0.3 is 17.1 Å². The van der Waals surface area contributed by atoms with E-state index in [9.17, 15) is 4.79 Å². The molecular formula is C9H16ClNO2. The van der Waals surface area contributed by atoms with Crippen molar-refractivity contribution < 1.29 is 26.4 Å². The molecule has 0 aliphatic heterocycles. The second kappa shape index (κ2) is 6.69. The fraction of sp³-hybridized carbons (Fsp3) is 0.444. The van der Waals surface area contributed by atoms with Gasteiger partial charge in [0, 0.05) is 6.08 Å². The molecule has 0 aliphatic rings. The van der Waals surface area contributed by atoms with Crippen LogP contribution in [0.4, 0.5) is 0 Å². The fourth-order valence-electron chi connectivity index (χ4n) is 0.416. The van der Waals surface area contributed by atoms with Gasteiger partial charge in [0.1, 0.15) is 12.5 Å². The molecular weight excluding hydrogens is 190 g/mol. The lowest BCUT2D eigenvalue weighted by Gasteiger charge is -2.21. The van der Waals surface area contributed by atoms with Crippen molar-refractivity contribution in [1.82, 2.24) is 0 Å². The lowest BCUT2D eigenvalue weighted by atomic mass is 10.5. The Balaban J connectivity index is 0. The molecule has 4 heteroatoms. The topological polar surface area (TPSA) is 26.3 Å². The van der Waals surface area contributed by atoms with Crippen LogP contribution in [0.1, 0.15) is 6.92 Å².